The Hall–Kier alpha value is -0.150. The summed E-state index contributed by atoms with van der Waals surface area (Å²) in [5, 5.41) is 0. The van der Waals surface area contributed by atoms with Gasteiger partial charge in [-0.15, -0.1) is 0 Å². The fraction of sp³-hybridized carbons (Fsp3) is 0.455. The average molecular weight is 415 g/mol. The Bertz CT molecular complexity index is 538. The Morgan fingerprint density at radius 3 is 2.21 bits per heavy atom. The van der Waals surface area contributed by atoms with Crippen molar-refractivity contribution in [1.82, 2.24) is 9.62 Å². The van der Waals surface area contributed by atoms with E-state index in [0.717, 1.165) is 0 Å². The number of nitrogens with one attached hydrogen (secondary N) is 1. The smallest absolute Gasteiger partial charge is 0.243 e. The van der Waals surface area contributed by atoms with E-state index in [2.05, 4.69) is 36.6 Å². The number of likely N-dealkylation sites (N-methyl/N-ethyl adjacent to an activating group) is 1. The summed E-state index contributed by atoms with van der Waals surface area (Å²) in [6.45, 7) is 2.43. The SMILES string of the molecule is CC(CN(C)C)NS(=O)(=O)c1c(Br)cc(N)cc1Br. The molecule has 0 saturated heterocycles. The van der Waals surface area contributed by atoms with Crippen molar-refractivity contribution in [2.24, 2.45) is 0 Å². The van der Waals surface area contributed by atoms with Crippen LogP contribution in [0.1, 0.15) is 6.92 Å². The fourth-order valence-corrected chi connectivity index (χ4v) is 5.60. The van der Waals surface area contributed by atoms with Gasteiger partial charge in [-0.05, 0) is 65.0 Å². The second kappa shape index (κ2) is 6.53. The molecule has 0 aliphatic rings. The molecule has 1 atom stereocenters. The van der Waals surface area contributed by atoms with E-state index in [0.29, 0.717) is 21.2 Å². The van der Waals surface area contributed by atoms with Crippen molar-refractivity contribution >= 4 is 47.6 Å². The van der Waals surface area contributed by atoms with Crippen LogP contribution >= 0.6 is 31.9 Å². The Labute approximate surface area is 130 Å². The average Bonchev–Trinajstić information content (AvgIpc) is 2.10. The van der Waals surface area contributed by atoms with E-state index in [4.69, 9.17) is 5.73 Å². The number of rotatable bonds is 5. The van der Waals surface area contributed by atoms with Gasteiger partial charge in [0.1, 0.15) is 4.90 Å². The number of hydrogen-bond donors (Lipinski definition) is 2. The summed E-state index contributed by atoms with van der Waals surface area (Å²) < 4.78 is 28.2. The van der Waals surface area contributed by atoms with Crippen molar-refractivity contribution in [3.05, 3.63) is 21.1 Å². The third kappa shape index (κ3) is 4.71. The van der Waals surface area contributed by atoms with E-state index in [9.17, 15) is 8.42 Å². The zero-order valence-corrected chi connectivity index (χ0v) is 14.9. The van der Waals surface area contributed by atoms with Gasteiger partial charge in [-0.3, -0.25) is 0 Å². The van der Waals surface area contributed by atoms with Crippen molar-refractivity contribution < 1.29 is 8.42 Å². The molecule has 0 aliphatic carbocycles. The minimum Gasteiger partial charge on any atom is -0.399 e. The van der Waals surface area contributed by atoms with Crippen LogP contribution in [0.2, 0.25) is 0 Å². The Kier molecular flexibility index (Phi) is 5.81. The van der Waals surface area contributed by atoms with Crippen LogP contribution in [-0.2, 0) is 10.0 Å². The highest BCUT2D eigenvalue weighted by molar-refractivity contribution is 9.11. The molecule has 0 spiro atoms. The van der Waals surface area contributed by atoms with Crippen LogP contribution in [0.5, 0.6) is 0 Å². The van der Waals surface area contributed by atoms with E-state index in [1.54, 1.807) is 12.1 Å². The number of nitrogens with two attached hydrogens (primary N) is 1. The molecule has 0 heterocycles. The Morgan fingerprint density at radius 1 is 1.32 bits per heavy atom. The molecule has 3 N–H and O–H groups in total. The second-order valence-electron chi connectivity index (χ2n) is 4.60. The molecule has 0 saturated carbocycles. The molecule has 1 aromatic carbocycles. The van der Waals surface area contributed by atoms with E-state index in [-0.39, 0.29) is 10.9 Å². The van der Waals surface area contributed by atoms with Crippen LogP contribution in [0.25, 0.3) is 0 Å². The monoisotopic (exact) mass is 413 g/mol. The summed E-state index contributed by atoms with van der Waals surface area (Å²) in [6.07, 6.45) is 0. The summed E-state index contributed by atoms with van der Waals surface area (Å²) in [7, 11) is 0.168. The van der Waals surface area contributed by atoms with E-state index >= 15 is 0 Å². The van der Waals surface area contributed by atoms with Gasteiger partial charge in [-0.1, -0.05) is 0 Å². The summed E-state index contributed by atoms with van der Waals surface area (Å²) in [6, 6.07) is 2.93. The van der Waals surface area contributed by atoms with Crippen LogP contribution in [0.3, 0.4) is 0 Å². The standard InChI is InChI=1S/C11H17Br2N3O2S/c1-7(6-16(2)3)15-19(17,18)11-9(12)4-8(14)5-10(11)13/h4-5,7,15H,6,14H2,1-3H3. The first-order chi connectivity index (χ1) is 8.63. The zero-order chi connectivity index (χ0) is 14.8. The van der Waals surface area contributed by atoms with Crippen LogP contribution in [-0.4, -0.2) is 40.0 Å². The van der Waals surface area contributed by atoms with Crippen LogP contribution < -0.4 is 10.5 Å². The lowest BCUT2D eigenvalue weighted by atomic mass is 10.3. The molecular weight excluding hydrogens is 398 g/mol. The topological polar surface area (TPSA) is 75.4 Å². The Balaban J connectivity index is 3.08. The summed E-state index contributed by atoms with van der Waals surface area (Å²) >= 11 is 6.47. The maximum atomic E-state index is 12.3. The normalized spacial score (nSPS) is 13.8. The quantitative estimate of drug-likeness (QED) is 0.722. The molecule has 5 nitrogen and oxygen atoms in total. The predicted molar refractivity (Wildman–Crippen MR) is 84.6 cm³/mol. The van der Waals surface area contributed by atoms with Crippen molar-refractivity contribution in [1.29, 1.82) is 0 Å². The third-order valence-corrected chi connectivity index (χ3v) is 5.75. The lowest BCUT2D eigenvalue weighted by molar-refractivity contribution is 0.370. The molecule has 0 fully saturated rings. The molecule has 0 amide bonds. The molecule has 19 heavy (non-hydrogen) atoms. The van der Waals surface area contributed by atoms with Gasteiger partial charge in [0.25, 0.3) is 0 Å². The maximum absolute atomic E-state index is 12.3. The molecule has 1 unspecified atom stereocenters. The highest BCUT2D eigenvalue weighted by Gasteiger charge is 2.23. The van der Waals surface area contributed by atoms with E-state index in [1.807, 2.05) is 25.9 Å². The van der Waals surface area contributed by atoms with Gasteiger partial charge >= 0.3 is 0 Å². The molecule has 8 heteroatoms. The number of halogens is 2. The number of sulfonamides is 1. The predicted octanol–water partition coefficient (Wildman–Crippen LogP) is 2.02. The molecule has 0 radical (unpaired) electrons. The zero-order valence-electron chi connectivity index (χ0n) is 10.9. The van der Waals surface area contributed by atoms with Crippen LogP contribution in [0.15, 0.2) is 26.0 Å². The lowest BCUT2D eigenvalue weighted by Crippen LogP contribution is -2.39. The van der Waals surface area contributed by atoms with Gasteiger partial charge in [-0.25, -0.2) is 13.1 Å². The Morgan fingerprint density at radius 2 is 1.79 bits per heavy atom. The van der Waals surface area contributed by atoms with Gasteiger partial charge in [0.05, 0.1) is 0 Å². The van der Waals surface area contributed by atoms with Crippen LogP contribution in [0.4, 0.5) is 5.69 Å². The largest absolute Gasteiger partial charge is 0.399 e. The minimum absolute atomic E-state index is 0.160. The molecule has 1 rings (SSSR count). The summed E-state index contributed by atoms with van der Waals surface area (Å²) in [5.41, 5.74) is 6.14. The lowest BCUT2D eigenvalue weighted by Gasteiger charge is -2.19. The van der Waals surface area contributed by atoms with Crippen LogP contribution in [0, 0.1) is 0 Å². The molecule has 0 bridgehead atoms. The third-order valence-electron chi connectivity index (χ3n) is 2.28. The number of hydrogen-bond acceptors (Lipinski definition) is 4. The number of nitrogen functional groups attached to an aromatic ring is 1. The van der Waals surface area contributed by atoms with Crippen molar-refractivity contribution in [2.75, 3.05) is 26.4 Å². The number of nitrogens with zero attached hydrogens (tertiary/aromatic N) is 1. The second-order valence-corrected chi connectivity index (χ2v) is 7.96. The van der Waals surface area contributed by atoms with Gasteiger partial charge in [0.15, 0.2) is 0 Å². The van der Waals surface area contributed by atoms with Crippen molar-refractivity contribution in [2.45, 2.75) is 17.9 Å². The number of anilines is 1. The molecule has 1 aromatic rings. The highest BCUT2D eigenvalue weighted by Crippen LogP contribution is 2.32. The maximum Gasteiger partial charge on any atom is 0.243 e. The van der Waals surface area contributed by atoms with Gasteiger partial charge in [0.2, 0.25) is 10.0 Å². The first kappa shape index (κ1) is 16.9. The first-order valence-electron chi connectivity index (χ1n) is 5.55. The summed E-state index contributed by atoms with van der Waals surface area (Å²) in [4.78, 5) is 2.08. The van der Waals surface area contributed by atoms with Gasteiger partial charge < -0.3 is 10.6 Å². The molecule has 0 aliphatic heterocycles. The summed E-state index contributed by atoms with van der Waals surface area (Å²) in [5.74, 6) is 0. The van der Waals surface area contributed by atoms with Crippen molar-refractivity contribution in [3.63, 3.8) is 0 Å². The van der Waals surface area contributed by atoms with Crippen molar-refractivity contribution in [3.8, 4) is 0 Å². The van der Waals surface area contributed by atoms with E-state index < -0.39 is 10.0 Å². The van der Waals surface area contributed by atoms with E-state index in [1.165, 1.54) is 0 Å². The highest BCUT2D eigenvalue weighted by atomic mass is 79.9. The van der Waals surface area contributed by atoms with Gasteiger partial charge in [-0.2, -0.15) is 0 Å². The first-order valence-corrected chi connectivity index (χ1v) is 8.62. The minimum atomic E-state index is -3.61. The number of benzene rings is 1. The molecule has 108 valence electrons. The molecular formula is C11H17Br2N3O2S. The fourth-order valence-electron chi connectivity index (χ4n) is 1.74. The molecule has 0 aromatic heterocycles. The van der Waals surface area contributed by atoms with Gasteiger partial charge in [0, 0.05) is 27.2 Å².